The minimum absolute atomic E-state index is 0. The van der Waals surface area contributed by atoms with Crippen molar-refractivity contribution in [3.8, 4) is 0 Å². The fraction of sp³-hybridized carbons (Fsp3) is 0.588. The van der Waals surface area contributed by atoms with Crippen LogP contribution in [-0.2, 0) is 4.79 Å². The number of benzene rings is 1. The van der Waals surface area contributed by atoms with Gasteiger partial charge in [0, 0.05) is 37.6 Å². The molecular formula is C17H27ClN4O2. The summed E-state index contributed by atoms with van der Waals surface area (Å²) in [4.78, 5) is 12.5. The van der Waals surface area contributed by atoms with Gasteiger partial charge < -0.3 is 15.7 Å². The number of aliphatic hydroxyl groups excluding tert-OH is 1. The average molecular weight is 355 g/mol. The van der Waals surface area contributed by atoms with Crippen molar-refractivity contribution in [3.05, 3.63) is 35.9 Å². The molecule has 4 atom stereocenters. The Bertz CT molecular complexity index is 517. The summed E-state index contributed by atoms with van der Waals surface area (Å²) >= 11 is 0. The molecule has 3 rings (SSSR count). The van der Waals surface area contributed by atoms with Gasteiger partial charge in [0.2, 0.25) is 5.91 Å². The van der Waals surface area contributed by atoms with Crippen molar-refractivity contribution in [3.63, 3.8) is 0 Å². The number of nitrogens with one attached hydrogen (secondary N) is 4. The summed E-state index contributed by atoms with van der Waals surface area (Å²) in [6, 6.07) is 10.2. The molecule has 0 bridgehead atoms. The zero-order valence-corrected chi connectivity index (χ0v) is 14.5. The summed E-state index contributed by atoms with van der Waals surface area (Å²) in [5, 5.41) is 15.7. The molecule has 1 aromatic carbocycles. The maximum Gasteiger partial charge on any atom is 0.238 e. The van der Waals surface area contributed by atoms with Gasteiger partial charge in [-0.05, 0) is 24.9 Å². The first-order chi connectivity index (χ1) is 11.3. The predicted molar refractivity (Wildman–Crippen MR) is 96.0 cm³/mol. The molecule has 134 valence electrons. The standard InChI is InChI=1S/C17H26N4O2.ClH/c22-9-7-13(12-4-2-1-3-5-12)10-19-17(23)16-14-11-18-8-6-15(14)20-21-16;/h1-5,13-16,18,20-22H,6-11H2,(H,19,23);1H. The Kier molecular flexibility index (Phi) is 7.45. The first kappa shape index (κ1) is 19.1. The molecule has 2 fully saturated rings. The predicted octanol–water partition coefficient (Wildman–Crippen LogP) is 0.145. The summed E-state index contributed by atoms with van der Waals surface area (Å²) in [7, 11) is 0. The Hall–Kier alpha value is -1.18. The molecular weight excluding hydrogens is 328 g/mol. The van der Waals surface area contributed by atoms with E-state index in [4.69, 9.17) is 0 Å². The Balaban J connectivity index is 0.00000208. The second-order valence-corrected chi connectivity index (χ2v) is 6.39. The zero-order chi connectivity index (χ0) is 16.1. The number of aliphatic hydroxyl groups is 1. The van der Waals surface area contributed by atoms with Crippen molar-refractivity contribution in [2.75, 3.05) is 26.2 Å². The van der Waals surface area contributed by atoms with Crippen molar-refractivity contribution >= 4 is 18.3 Å². The van der Waals surface area contributed by atoms with Crippen LogP contribution < -0.4 is 21.5 Å². The molecule has 0 saturated carbocycles. The molecule has 4 unspecified atom stereocenters. The van der Waals surface area contributed by atoms with Crippen LogP contribution in [0.1, 0.15) is 24.3 Å². The van der Waals surface area contributed by atoms with Gasteiger partial charge in [-0.15, -0.1) is 12.4 Å². The Morgan fingerprint density at radius 3 is 2.83 bits per heavy atom. The fourth-order valence-electron chi connectivity index (χ4n) is 3.58. The van der Waals surface area contributed by atoms with Crippen LogP contribution in [-0.4, -0.2) is 49.3 Å². The Labute approximate surface area is 149 Å². The van der Waals surface area contributed by atoms with E-state index in [1.54, 1.807) is 0 Å². The first-order valence-corrected chi connectivity index (χ1v) is 8.45. The van der Waals surface area contributed by atoms with Gasteiger partial charge in [0.15, 0.2) is 0 Å². The molecule has 24 heavy (non-hydrogen) atoms. The van der Waals surface area contributed by atoms with Gasteiger partial charge >= 0.3 is 0 Å². The highest BCUT2D eigenvalue weighted by Gasteiger charge is 2.41. The van der Waals surface area contributed by atoms with Crippen molar-refractivity contribution in [2.24, 2.45) is 5.92 Å². The second-order valence-electron chi connectivity index (χ2n) is 6.39. The third-order valence-corrected chi connectivity index (χ3v) is 4.94. The number of carbonyl (C=O) groups is 1. The quantitative estimate of drug-likeness (QED) is 0.502. The molecule has 2 saturated heterocycles. The molecule has 0 radical (unpaired) electrons. The molecule has 7 heteroatoms. The molecule has 1 aromatic rings. The molecule has 0 aliphatic carbocycles. The third-order valence-electron chi connectivity index (χ3n) is 4.94. The molecule has 2 heterocycles. The smallest absolute Gasteiger partial charge is 0.238 e. The average Bonchev–Trinajstić information content (AvgIpc) is 3.03. The van der Waals surface area contributed by atoms with Gasteiger partial charge in [0.1, 0.15) is 6.04 Å². The van der Waals surface area contributed by atoms with Crippen LogP contribution in [0.5, 0.6) is 0 Å². The summed E-state index contributed by atoms with van der Waals surface area (Å²) in [6.45, 7) is 2.53. The number of rotatable bonds is 6. The number of hydrogen-bond acceptors (Lipinski definition) is 5. The number of halogens is 1. The Morgan fingerprint density at radius 2 is 2.08 bits per heavy atom. The highest BCUT2D eigenvalue weighted by atomic mass is 35.5. The number of hydrogen-bond donors (Lipinski definition) is 5. The van der Waals surface area contributed by atoms with Gasteiger partial charge in [0.05, 0.1) is 0 Å². The van der Waals surface area contributed by atoms with Crippen LogP contribution in [0.2, 0.25) is 0 Å². The number of fused-ring (bicyclic) bond motifs is 1. The molecule has 0 spiro atoms. The highest BCUT2D eigenvalue weighted by molar-refractivity contribution is 5.85. The molecule has 0 aromatic heterocycles. The molecule has 6 nitrogen and oxygen atoms in total. The van der Waals surface area contributed by atoms with E-state index in [1.165, 1.54) is 0 Å². The summed E-state index contributed by atoms with van der Waals surface area (Å²) in [6.07, 6.45) is 1.69. The van der Waals surface area contributed by atoms with E-state index in [9.17, 15) is 9.90 Å². The molecule has 1 amide bonds. The lowest BCUT2D eigenvalue weighted by Crippen LogP contribution is -2.49. The minimum Gasteiger partial charge on any atom is -0.396 e. The number of carbonyl (C=O) groups excluding carboxylic acids is 1. The number of hydrazine groups is 1. The second kappa shape index (κ2) is 9.34. The van der Waals surface area contributed by atoms with Crippen molar-refractivity contribution < 1.29 is 9.90 Å². The lowest BCUT2D eigenvalue weighted by Gasteiger charge is -2.27. The van der Waals surface area contributed by atoms with E-state index in [0.717, 1.165) is 25.1 Å². The first-order valence-electron chi connectivity index (χ1n) is 8.45. The summed E-state index contributed by atoms with van der Waals surface area (Å²) in [5.74, 6) is 0.462. The van der Waals surface area contributed by atoms with Crippen molar-refractivity contribution in [1.82, 2.24) is 21.5 Å². The van der Waals surface area contributed by atoms with Crippen LogP contribution in [0.25, 0.3) is 0 Å². The van der Waals surface area contributed by atoms with Gasteiger partial charge in [-0.3, -0.25) is 10.2 Å². The van der Waals surface area contributed by atoms with E-state index >= 15 is 0 Å². The van der Waals surface area contributed by atoms with E-state index in [0.29, 0.717) is 19.0 Å². The molecule has 5 N–H and O–H groups in total. The highest BCUT2D eigenvalue weighted by Crippen LogP contribution is 2.21. The number of amides is 1. The molecule has 2 aliphatic rings. The minimum atomic E-state index is -0.196. The van der Waals surface area contributed by atoms with Crippen molar-refractivity contribution in [1.29, 1.82) is 0 Å². The van der Waals surface area contributed by atoms with Crippen LogP contribution in [0.15, 0.2) is 30.3 Å². The van der Waals surface area contributed by atoms with Gasteiger partial charge in [0.25, 0.3) is 0 Å². The van der Waals surface area contributed by atoms with Crippen LogP contribution in [0, 0.1) is 5.92 Å². The van der Waals surface area contributed by atoms with E-state index in [2.05, 4.69) is 21.5 Å². The van der Waals surface area contributed by atoms with E-state index in [-0.39, 0.29) is 42.8 Å². The maximum atomic E-state index is 12.5. The van der Waals surface area contributed by atoms with Crippen LogP contribution in [0.4, 0.5) is 0 Å². The van der Waals surface area contributed by atoms with E-state index in [1.807, 2.05) is 30.3 Å². The summed E-state index contributed by atoms with van der Waals surface area (Å²) < 4.78 is 0. The molecule has 2 aliphatic heterocycles. The summed E-state index contributed by atoms with van der Waals surface area (Å²) in [5.41, 5.74) is 7.54. The van der Waals surface area contributed by atoms with Gasteiger partial charge in [-0.25, -0.2) is 5.43 Å². The van der Waals surface area contributed by atoms with Crippen LogP contribution >= 0.6 is 12.4 Å². The maximum absolute atomic E-state index is 12.5. The third kappa shape index (κ3) is 4.46. The SMILES string of the molecule is Cl.O=C(NCC(CCO)c1ccccc1)C1NNC2CCNCC21. The lowest BCUT2D eigenvalue weighted by atomic mass is 9.89. The fourth-order valence-corrected chi connectivity index (χ4v) is 3.58. The van der Waals surface area contributed by atoms with E-state index < -0.39 is 0 Å². The Morgan fingerprint density at radius 1 is 1.29 bits per heavy atom. The topological polar surface area (TPSA) is 85.4 Å². The largest absolute Gasteiger partial charge is 0.396 e. The zero-order valence-electron chi connectivity index (χ0n) is 13.7. The lowest BCUT2D eigenvalue weighted by molar-refractivity contribution is -0.123. The van der Waals surface area contributed by atoms with Crippen LogP contribution in [0.3, 0.4) is 0 Å². The monoisotopic (exact) mass is 354 g/mol. The van der Waals surface area contributed by atoms with Gasteiger partial charge in [-0.2, -0.15) is 0 Å². The number of piperidine rings is 1. The normalized spacial score (nSPS) is 27.0. The van der Waals surface area contributed by atoms with Gasteiger partial charge in [-0.1, -0.05) is 30.3 Å². The van der Waals surface area contributed by atoms with Crippen molar-refractivity contribution in [2.45, 2.75) is 30.8 Å².